The molecule has 0 aliphatic carbocycles. The zero-order valence-electron chi connectivity index (χ0n) is 17.4. The third-order valence-corrected chi connectivity index (χ3v) is 4.48. The number of aliphatic hydroxyl groups excluding tert-OH is 1. The maximum Gasteiger partial charge on any atom is 0.306 e. The fraction of sp³-hybridized carbons (Fsp3) is 0.955. The summed E-state index contributed by atoms with van der Waals surface area (Å²) < 4.78 is 5.31. The van der Waals surface area contributed by atoms with Crippen LogP contribution in [0, 0.1) is 0 Å². The molecule has 0 heterocycles. The summed E-state index contributed by atoms with van der Waals surface area (Å²) in [5, 5.41) is 9.78. The van der Waals surface area contributed by atoms with Gasteiger partial charge in [0.05, 0.1) is 6.10 Å². The van der Waals surface area contributed by atoms with Crippen molar-refractivity contribution in [1.29, 1.82) is 0 Å². The van der Waals surface area contributed by atoms with Crippen molar-refractivity contribution in [1.82, 2.24) is 0 Å². The smallest absolute Gasteiger partial charge is 0.306 e. The van der Waals surface area contributed by atoms with Crippen LogP contribution in [-0.4, -0.2) is 22.8 Å². The molecule has 3 heteroatoms. The highest BCUT2D eigenvalue weighted by atomic mass is 16.6. The van der Waals surface area contributed by atoms with Crippen LogP contribution < -0.4 is 0 Å². The van der Waals surface area contributed by atoms with Gasteiger partial charge < -0.3 is 9.84 Å². The van der Waals surface area contributed by atoms with Crippen molar-refractivity contribution in [2.45, 2.75) is 136 Å². The summed E-state index contributed by atoms with van der Waals surface area (Å²) >= 11 is 0. The van der Waals surface area contributed by atoms with Gasteiger partial charge in [0.1, 0.15) is 5.60 Å². The van der Waals surface area contributed by atoms with Gasteiger partial charge in [0.15, 0.2) is 0 Å². The number of hydrogen-bond acceptors (Lipinski definition) is 3. The Kier molecular flexibility index (Phi) is 15.3. The third-order valence-electron chi connectivity index (χ3n) is 4.48. The van der Waals surface area contributed by atoms with E-state index < -0.39 is 0 Å². The van der Waals surface area contributed by atoms with Gasteiger partial charge in [-0.15, -0.1) is 0 Å². The predicted octanol–water partition coefficient (Wildman–Crippen LogP) is 6.56. The van der Waals surface area contributed by atoms with E-state index in [2.05, 4.69) is 6.92 Å². The number of carbonyl (C=O) groups excluding carboxylic acids is 1. The zero-order valence-corrected chi connectivity index (χ0v) is 17.4. The summed E-state index contributed by atoms with van der Waals surface area (Å²) in [6.07, 6.45) is 17.1. The van der Waals surface area contributed by atoms with Gasteiger partial charge in [-0.3, -0.25) is 4.79 Å². The molecule has 0 aromatic carbocycles. The average Bonchev–Trinajstić information content (AvgIpc) is 2.52. The molecule has 3 nitrogen and oxygen atoms in total. The molecule has 0 saturated heterocycles. The molecule has 0 fully saturated rings. The summed E-state index contributed by atoms with van der Waals surface area (Å²) in [6.45, 7) is 7.92. The second kappa shape index (κ2) is 15.7. The van der Waals surface area contributed by atoms with E-state index in [0.717, 1.165) is 32.1 Å². The lowest BCUT2D eigenvalue weighted by atomic mass is 10.0. The van der Waals surface area contributed by atoms with Crippen molar-refractivity contribution in [2.24, 2.45) is 0 Å². The van der Waals surface area contributed by atoms with Gasteiger partial charge in [0.2, 0.25) is 0 Å². The summed E-state index contributed by atoms with van der Waals surface area (Å²) in [7, 11) is 0. The van der Waals surface area contributed by atoms with E-state index in [1.165, 1.54) is 57.8 Å². The normalized spacial score (nSPS) is 13.0. The molecule has 0 aliphatic heterocycles. The molecular weight excluding hydrogens is 312 g/mol. The Hall–Kier alpha value is -0.570. The molecule has 1 unspecified atom stereocenters. The van der Waals surface area contributed by atoms with Crippen LogP contribution in [0.25, 0.3) is 0 Å². The molecule has 1 atom stereocenters. The quantitative estimate of drug-likeness (QED) is 0.251. The van der Waals surface area contributed by atoms with Crippen molar-refractivity contribution in [2.75, 3.05) is 0 Å². The first-order chi connectivity index (χ1) is 11.8. The van der Waals surface area contributed by atoms with Crippen LogP contribution in [-0.2, 0) is 9.53 Å². The van der Waals surface area contributed by atoms with Gasteiger partial charge in [-0.05, 0) is 40.0 Å². The number of unbranched alkanes of at least 4 members (excludes halogenated alkanes) is 10. The van der Waals surface area contributed by atoms with Crippen LogP contribution in [0.15, 0.2) is 0 Å². The highest BCUT2D eigenvalue weighted by Crippen LogP contribution is 2.15. The molecular formula is C22H44O3. The van der Waals surface area contributed by atoms with Gasteiger partial charge in [-0.1, -0.05) is 77.6 Å². The van der Waals surface area contributed by atoms with Crippen LogP contribution in [0.3, 0.4) is 0 Å². The molecule has 0 rings (SSSR count). The molecule has 0 aliphatic rings. The highest BCUT2D eigenvalue weighted by molar-refractivity contribution is 5.69. The molecule has 0 saturated carbocycles. The standard InChI is InChI=1S/C22H44O3/c1-5-6-17-20(23)18-15-13-11-9-7-8-10-12-14-16-19-21(24)25-22(2,3)4/h20,23H,5-19H2,1-4H3. The van der Waals surface area contributed by atoms with Crippen molar-refractivity contribution in [3.63, 3.8) is 0 Å². The largest absolute Gasteiger partial charge is 0.460 e. The lowest BCUT2D eigenvalue weighted by molar-refractivity contribution is -0.154. The van der Waals surface area contributed by atoms with E-state index in [9.17, 15) is 9.90 Å². The van der Waals surface area contributed by atoms with E-state index in [4.69, 9.17) is 4.74 Å². The van der Waals surface area contributed by atoms with Gasteiger partial charge in [-0.25, -0.2) is 0 Å². The molecule has 1 N–H and O–H groups in total. The zero-order chi connectivity index (χ0) is 19.0. The first kappa shape index (κ1) is 24.4. The Morgan fingerprint density at radius 3 is 1.72 bits per heavy atom. The van der Waals surface area contributed by atoms with Crippen LogP contribution in [0.2, 0.25) is 0 Å². The van der Waals surface area contributed by atoms with E-state index >= 15 is 0 Å². The number of carbonyl (C=O) groups is 1. The van der Waals surface area contributed by atoms with Crippen molar-refractivity contribution in [3.05, 3.63) is 0 Å². The minimum atomic E-state index is -0.356. The molecule has 0 aromatic rings. The fourth-order valence-electron chi connectivity index (χ4n) is 3.04. The van der Waals surface area contributed by atoms with Gasteiger partial charge in [-0.2, -0.15) is 0 Å². The van der Waals surface area contributed by atoms with Crippen LogP contribution >= 0.6 is 0 Å². The topological polar surface area (TPSA) is 46.5 Å². The van der Waals surface area contributed by atoms with Crippen LogP contribution in [0.5, 0.6) is 0 Å². The monoisotopic (exact) mass is 356 g/mol. The lowest BCUT2D eigenvalue weighted by Gasteiger charge is -2.19. The average molecular weight is 357 g/mol. The van der Waals surface area contributed by atoms with Gasteiger partial charge in [0, 0.05) is 6.42 Å². The first-order valence-corrected chi connectivity index (χ1v) is 10.7. The Morgan fingerprint density at radius 2 is 1.24 bits per heavy atom. The number of hydrogen-bond donors (Lipinski definition) is 1. The molecule has 0 amide bonds. The number of esters is 1. The van der Waals surface area contributed by atoms with E-state index in [1.54, 1.807) is 0 Å². The van der Waals surface area contributed by atoms with Crippen molar-refractivity contribution in [3.8, 4) is 0 Å². The SMILES string of the molecule is CCCCC(O)CCCCCCCCCCCCC(=O)OC(C)(C)C. The minimum absolute atomic E-state index is 0.0627. The number of ether oxygens (including phenoxy) is 1. The second-order valence-corrected chi connectivity index (χ2v) is 8.46. The van der Waals surface area contributed by atoms with E-state index in [0.29, 0.717) is 6.42 Å². The van der Waals surface area contributed by atoms with E-state index in [1.807, 2.05) is 20.8 Å². The number of aliphatic hydroxyl groups is 1. The molecule has 0 aromatic heterocycles. The van der Waals surface area contributed by atoms with E-state index in [-0.39, 0.29) is 17.7 Å². The minimum Gasteiger partial charge on any atom is -0.460 e. The third kappa shape index (κ3) is 19.6. The van der Waals surface area contributed by atoms with Crippen molar-refractivity contribution < 1.29 is 14.6 Å². The fourth-order valence-corrected chi connectivity index (χ4v) is 3.04. The van der Waals surface area contributed by atoms with Crippen molar-refractivity contribution >= 4 is 5.97 Å². The summed E-state index contributed by atoms with van der Waals surface area (Å²) in [5.74, 6) is -0.0627. The molecule has 0 bridgehead atoms. The summed E-state index contributed by atoms with van der Waals surface area (Å²) in [5.41, 5.74) is -0.356. The van der Waals surface area contributed by atoms with Gasteiger partial charge in [0.25, 0.3) is 0 Å². The molecule has 150 valence electrons. The molecule has 0 spiro atoms. The highest BCUT2D eigenvalue weighted by Gasteiger charge is 2.15. The number of rotatable bonds is 16. The Balaban J connectivity index is 3.23. The van der Waals surface area contributed by atoms with Crippen LogP contribution in [0.4, 0.5) is 0 Å². The second-order valence-electron chi connectivity index (χ2n) is 8.46. The Labute approximate surface area is 156 Å². The molecule has 0 radical (unpaired) electrons. The maximum atomic E-state index is 11.6. The summed E-state index contributed by atoms with van der Waals surface area (Å²) in [6, 6.07) is 0. The molecule has 25 heavy (non-hydrogen) atoms. The maximum absolute atomic E-state index is 11.6. The lowest BCUT2D eigenvalue weighted by Crippen LogP contribution is -2.23. The van der Waals surface area contributed by atoms with Gasteiger partial charge >= 0.3 is 5.97 Å². The Bertz CT molecular complexity index is 307. The van der Waals surface area contributed by atoms with Crippen LogP contribution in [0.1, 0.15) is 124 Å². The first-order valence-electron chi connectivity index (χ1n) is 10.7. The summed E-state index contributed by atoms with van der Waals surface area (Å²) in [4.78, 5) is 11.6. The predicted molar refractivity (Wildman–Crippen MR) is 107 cm³/mol. The Morgan fingerprint density at radius 1 is 0.800 bits per heavy atom.